The molecule has 1 aliphatic rings. The maximum Gasteiger partial charge on any atom is 0.320 e. The van der Waals surface area contributed by atoms with Crippen LogP contribution < -0.4 is 5.56 Å². The first kappa shape index (κ1) is 14.7. The Balaban J connectivity index is 2.13. The van der Waals surface area contributed by atoms with E-state index in [1.54, 1.807) is 18.5 Å². The van der Waals surface area contributed by atoms with Gasteiger partial charge < -0.3 is 4.74 Å². The summed E-state index contributed by atoms with van der Waals surface area (Å²) in [5, 5.41) is 0. The van der Waals surface area contributed by atoms with Crippen LogP contribution >= 0.6 is 0 Å². The van der Waals surface area contributed by atoms with Crippen LogP contribution in [0.5, 0.6) is 0 Å². The summed E-state index contributed by atoms with van der Waals surface area (Å²) in [5.74, 6) is 0.517. The van der Waals surface area contributed by atoms with E-state index < -0.39 is 0 Å². The largest absolute Gasteiger partial charge is 0.465 e. The van der Waals surface area contributed by atoms with Gasteiger partial charge in [0.1, 0.15) is 5.82 Å². The summed E-state index contributed by atoms with van der Waals surface area (Å²) in [6, 6.07) is 0. The zero-order chi connectivity index (χ0) is 14.7. The minimum atomic E-state index is -0.213. The zero-order valence-electron chi connectivity index (χ0n) is 12.3. The second-order valence-corrected chi connectivity index (χ2v) is 5.03. The van der Waals surface area contributed by atoms with Gasteiger partial charge in [0, 0.05) is 32.1 Å². The predicted molar refractivity (Wildman–Crippen MR) is 74.7 cm³/mol. The van der Waals surface area contributed by atoms with Crippen molar-refractivity contribution < 1.29 is 9.53 Å². The van der Waals surface area contributed by atoms with Crippen molar-refractivity contribution in [1.29, 1.82) is 0 Å². The Kier molecular flexibility index (Phi) is 4.54. The number of aromatic nitrogens is 2. The van der Waals surface area contributed by atoms with Crippen LogP contribution in [-0.2, 0) is 29.4 Å². The number of carbonyl (C=O) groups excluding carboxylic acids is 1. The molecular weight excluding hydrogens is 258 g/mol. The molecule has 6 nitrogen and oxygen atoms in total. The number of ether oxygens (including phenoxy) is 1. The molecule has 0 saturated carbocycles. The molecule has 0 bridgehead atoms. The second-order valence-electron chi connectivity index (χ2n) is 5.03. The summed E-state index contributed by atoms with van der Waals surface area (Å²) in [7, 11) is 1.74. The van der Waals surface area contributed by atoms with E-state index in [9.17, 15) is 9.59 Å². The van der Waals surface area contributed by atoms with Crippen molar-refractivity contribution in [3.05, 3.63) is 27.4 Å². The first-order valence-electron chi connectivity index (χ1n) is 6.96. The van der Waals surface area contributed by atoms with Crippen LogP contribution in [0, 0.1) is 6.92 Å². The van der Waals surface area contributed by atoms with Crippen molar-refractivity contribution in [3.63, 3.8) is 0 Å². The standard InChI is InChI=1S/C14H21N3O3/c1-4-20-13(18)9-17-7-5-11-12(6-8-17)15-10(2)16(3)14(11)19/h4-9H2,1-3H3. The minimum absolute atomic E-state index is 0.0329. The molecule has 6 heteroatoms. The van der Waals surface area contributed by atoms with Gasteiger partial charge in [-0.2, -0.15) is 0 Å². The fourth-order valence-electron chi connectivity index (χ4n) is 2.46. The molecule has 0 amide bonds. The van der Waals surface area contributed by atoms with E-state index in [0.29, 0.717) is 26.0 Å². The highest BCUT2D eigenvalue weighted by atomic mass is 16.5. The number of aryl methyl sites for hydroxylation is 1. The van der Waals surface area contributed by atoms with Crippen molar-refractivity contribution in [2.45, 2.75) is 26.7 Å². The van der Waals surface area contributed by atoms with E-state index >= 15 is 0 Å². The van der Waals surface area contributed by atoms with Crippen LogP contribution in [0.15, 0.2) is 4.79 Å². The Hall–Kier alpha value is -1.69. The fraction of sp³-hybridized carbons (Fsp3) is 0.643. The maximum absolute atomic E-state index is 12.2. The van der Waals surface area contributed by atoms with Crippen molar-refractivity contribution in [2.75, 3.05) is 26.2 Å². The third-order valence-corrected chi connectivity index (χ3v) is 3.69. The smallest absolute Gasteiger partial charge is 0.320 e. The quantitative estimate of drug-likeness (QED) is 0.732. The minimum Gasteiger partial charge on any atom is -0.465 e. The summed E-state index contributed by atoms with van der Waals surface area (Å²) in [5.41, 5.74) is 1.69. The monoisotopic (exact) mass is 279 g/mol. The van der Waals surface area contributed by atoms with Crippen LogP contribution in [0.1, 0.15) is 24.0 Å². The van der Waals surface area contributed by atoms with Gasteiger partial charge in [0.2, 0.25) is 0 Å². The van der Waals surface area contributed by atoms with Crippen LogP contribution in [0.25, 0.3) is 0 Å². The van der Waals surface area contributed by atoms with Crippen LogP contribution in [0.2, 0.25) is 0 Å². The molecule has 1 aromatic rings. The van der Waals surface area contributed by atoms with Gasteiger partial charge in [-0.3, -0.25) is 19.1 Å². The first-order valence-corrected chi connectivity index (χ1v) is 6.96. The van der Waals surface area contributed by atoms with E-state index in [0.717, 1.165) is 23.6 Å². The lowest BCUT2D eigenvalue weighted by Gasteiger charge is -2.17. The van der Waals surface area contributed by atoms with Crippen LogP contribution in [0.3, 0.4) is 0 Å². The number of hydrogen-bond acceptors (Lipinski definition) is 5. The van der Waals surface area contributed by atoms with Crippen LogP contribution in [0.4, 0.5) is 0 Å². The molecule has 0 aromatic carbocycles. The first-order chi connectivity index (χ1) is 9.52. The van der Waals surface area contributed by atoms with Gasteiger partial charge in [0.25, 0.3) is 5.56 Å². The Labute approximate surface area is 118 Å². The third kappa shape index (κ3) is 3.07. The number of carbonyl (C=O) groups is 1. The molecule has 2 heterocycles. The molecule has 0 aliphatic carbocycles. The lowest BCUT2D eigenvalue weighted by molar-refractivity contribution is -0.144. The fourth-order valence-corrected chi connectivity index (χ4v) is 2.46. The summed E-state index contributed by atoms with van der Waals surface area (Å²) in [4.78, 5) is 30.3. The molecule has 20 heavy (non-hydrogen) atoms. The van der Waals surface area contributed by atoms with E-state index in [1.165, 1.54) is 0 Å². The molecule has 1 aromatic heterocycles. The summed E-state index contributed by atoms with van der Waals surface area (Å²) in [6.07, 6.45) is 1.33. The van der Waals surface area contributed by atoms with Crippen molar-refractivity contribution in [1.82, 2.24) is 14.5 Å². The van der Waals surface area contributed by atoms with E-state index in [1.807, 2.05) is 11.8 Å². The topological polar surface area (TPSA) is 64.4 Å². The highest BCUT2D eigenvalue weighted by Crippen LogP contribution is 2.11. The highest BCUT2D eigenvalue weighted by Gasteiger charge is 2.20. The highest BCUT2D eigenvalue weighted by molar-refractivity contribution is 5.71. The molecule has 2 rings (SSSR count). The lowest BCUT2D eigenvalue weighted by Crippen LogP contribution is -2.33. The molecular formula is C14H21N3O3. The SMILES string of the molecule is CCOC(=O)CN1CCc2nc(C)n(C)c(=O)c2CC1. The normalized spacial score (nSPS) is 15.6. The molecule has 110 valence electrons. The average molecular weight is 279 g/mol. The molecule has 0 fully saturated rings. The van der Waals surface area contributed by atoms with Gasteiger partial charge in [-0.15, -0.1) is 0 Å². The van der Waals surface area contributed by atoms with Crippen molar-refractivity contribution >= 4 is 5.97 Å². The number of esters is 1. The molecule has 0 atom stereocenters. The average Bonchev–Trinajstić information content (AvgIpc) is 2.59. The molecule has 0 N–H and O–H groups in total. The maximum atomic E-state index is 12.2. The Morgan fingerprint density at radius 2 is 2.05 bits per heavy atom. The molecule has 1 aliphatic heterocycles. The second kappa shape index (κ2) is 6.17. The van der Waals surface area contributed by atoms with E-state index in [2.05, 4.69) is 4.98 Å². The van der Waals surface area contributed by atoms with Crippen molar-refractivity contribution in [2.24, 2.45) is 7.05 Å². The third-order valence-electron chi connectivity index (χ3n) is 3.69. The van der Waals surface area contributed by atoms with Gasteiger partial charge in [0.15, 0.2) is 0 Å². The van der Waals surface area contributed by atoms with Gasteiger partial charge in [0.05, 0.1) is 18.8 Å². The molecule has 0 saturated heterocycles. The number of hydrogen-bond donors (Lipinski definition) is 0. The number of nitrogens with zero attached hydrogens (tertiary/aromatic N) is 3. The molecule has 0 spiro atoms. The Bertz CT molecular complexity index is 566. The number of rotatable bonds is 3. The zero-order valence-corrected chi connectivity index (χ0v) is 12.3. The van der Waals surface area contributed by atoms with Crippen LogP contribution in [-0.4, -0.2) is 46.7 Å². The summed E-state index contributed by atoms with van der Waals surface area (Å²) < 4.78 is 6.55. The lowest BCUT2D eigenvalue weighted by atomic mass is 10.1. The Morgan fingerprint density at radius 3 is 2.75 bits per heavy atom. The summed E-state index contributed by atoms with van der Waals surface area (Å²) >= 11 is 0. The van der Waals surface area contributed by atoms with Gasteiger partial charge >= 0.3 is 5.97 Å². The van der Waals surface area contributed by atoms with Crippen molar-refractivity contribution in [3.8, 4) is 0 Å². The predicted octanol–water partition coefficient (Wildman–Crippen LogP) is 0.0524. The van der Waals surface area contributed by atoms with Gasteiger partial charge in [-0.05, 0) is 20.3 Å². The summed E-state index contributed by atoms with van der Waals surface area (Å²) in [6.45, 7) is 5.72. The molecule has 0 unspecified atom stereocenters. The van der Waals surface area contributed by atoms with E-state index in [4.69, 9.17) is 4.74 Å². The molecule has 0 radical (unpaired) electrons. The van der Waals surface area contributed by atoms with Gasteiger partial charge in [-0.25, -0.2) is 4.98 Å². The Morgan fingerprint density at radius 1 is 1.35 bits per heavy atom. The number of fused-ring (bicyclic) bond motifs is 1. The van der Waals surface area contributed by atoms with Gasteiger partial charge in [-0.1, -0.05) is 0 Å². The van der Waals surface area contributed by atoms with E-state index in [-0.39, 0.29) is 18.1 Å².